The SMILES string of the molecule is Cc1nn(-c2ccc(F)cc2)c2[nH]c(=O)c(CNCc3ccccc3-n3ccnc3)cc12. The van der Waals surface area contributed by atoms with E-state index in [0.717, 1.165) is 22.3 Å². The van der Waals surface area contributed by atoms with Crippen LogP contribution in [0.5, 0.6) is 0 Å². The summed E-state index contributed by atoms with van der Waals surface area (Å²) < 4.78 is 16.9. The summed E-state index contributed by atoms with van der Waals surface area (Å²) in [6.07, 6.45) is 5.41. The van der Waals surface area contributed by atoms with Gasteiger partial charge in [0.25, 0.3) is 5.56 Å². The van der Waals surface area contributed by atoms with Crippen molar-refractivity contribution in [2.75, 3.05) is 0 Å². The first-order valence-corrected chi connectivity index (χ1v) is 10.2. The fourth-order valence-corrected chi connectivity index (χ4v) is 3.81. The van der Waals surface area contributed by atoms with E-state index in [1.54, 1.807) is 29.3 Å². The molecule has 32 heavy (non-hydrogen) atoms. The van der Waals surface area contributed by atoms with Crippen LogP contribution < -0.4 is 10.9 Å². The number of halogens is 1. The molecule has 0 bridgehead atoms. The Hall–Kier alpha value is -4.04. The van der Waals surface area contributed by atoms with E-state index in [1.807, 2.05) is 48.0 Å². The van der Waals surface area contributed by atoms with Crippen LogP contribution in [0.15, 0.2) is 78.1 Å². The van der Waals surface area contributed by atoms with Crippen LogP contribution in [0.1, 0.15) is 16.8 Å². The summed E-state index contributed by atoms with van der Waals surface area (Å²) in [7, 11) is 0. The fourth-order valence-electron chi connectivity index (χ4n) is 3.81. The molecule has 0 atom stereocenters. The predicted octanol–water partition coefficient (Wildman–Crippen LogP) is 3.64. The molecular formula is C24H21FN6O. The van der Waals surface area contributed by atoms with E-state index in [0.29, 0.717) is 30.0 Å². The minimum Gasteiger partial charge on any atom is -0.308 e. The van der Waals surface area contributed by atoms with Gasteiger partial charge in [0.1, 0.15) is 11.5 Å². The highest BCUT2D eigenvalue weighted by Gasteiger charge is 2.13. The number of aromatic amines is 1. The average molecular weight is 428 g/mol. The van der Waals surface area contributed by atoms with Crippen molar-refractivity contribution < 1.29 is 4.39 Å². The molecule has 0 aliphatic rings. The Labute approximate surface area is 183 Å². The smallest absolute Gasteiger partial charge is 0.254 e. The van der Waals surface area contributed by atoms with E-state index in [2.05, 4.69) is 20.4 Å². The molecule has 0 aliphatic carbocycles. The maximum absolute atomic E-state index is 13.3. The number of H-pyrrole nitrogens is 1. The van der Waals surface area contributed by atoms with Gasteiger partial charge >= 0.3 is 0 Å². The van der Waals surface area contributed by atoms with Gasteiger partial charge in [0.2, 0.25) is 0 Å². The number of pyridine rings is 1. The molecule has 0 spiro atoms. The van der Waals surface area contributed by atoms with Gasteiger partial charge in [-0.3, -0.25) is 4.79 Å². The Morgan fingerprint density at radius 3 is 2.62 bits per heavy atom. The molecule has 2 aromatic carbocycles. The van der Waals surface area contributed by atoms with Gasteiger partial charge in [-0.2, -0.15) is 5.10 Å². The summed E-state index contributed by atoms with van der Waals surface area (Å²) in [4.78, 5) is 19.8. The van der Waals surface area contributed by atoms with Crippen LogP contribution in [0.2, 0.25) is 0 Å². The number of imidazole rings is 1. The van der Waals surface area contributed by atoms with E-state index in [9.17, 15) is 9.18 Å². The number of hydrogen-bond donors (Lipinski definition) is 2. The van der Waals surface area contributed by atoms with Crippen LogP contribution in [-0.2, 0) is 13.1 Å². The van der Waals surface area contributed by atoms with Gasteiger partial charge in [-0.05, 0) is 48.9 Å². The van der Waals surface area contributed by atoms with Gasteiger partial charge in [0.05, 0.1) is 23.4 Å². The molecule has 5 rings (SSSR count). The van der Waals surface area contributed by atoms with E-state index < -0.39 is 0 Å². The number of hydrogen-bond acceptors (Lipinski definition) is 4. The van der Waals surface area contributed by atoms with Crippen LogP contribution in [-0.4, -0.2) is 24.3 Å². The van der Waals surface area contributed by atoms with Crippen molar-refractivity contribution in [1.82, 2.24) is 29.6 Å². The monoisotopic (exact) mass is 428 g/mol. The van der Waals surface area contributed by atoms with Crippen molar-refractivity contribution in [3.05, 3.63) is 106 Å². The Bertz CT molecular complexity index is 1430. The largest absolute Gasteiger partial charge is 0.308 e. The van der Waals surface area contributed by atoms with Crippen molar-refractivity contribution in [2.45, 2.75) is 20.0 Å². The normalized spacial score (nSPS) is 11.3. The molecule has 0 saturated carbocycles. The highest BCUT2D eigenvalue weighted by Crippen LogP contribution is 2.20. The van der Waals surface area contributed by atoms with E-state index >= 15 is 0 Å². The Kier molecular flexibility index (Phi) is 5.12. The van der Waals surface area contributed by atoms with Crippen molar-refractivity contribution in [3.63, 3.8) is 0 Å². The lowest BCUT2D eigenvalue weighted by Crippen LogP contribution is -2.21. The first kappa shape index (κ1) is 19.9. The summed E-state index contributed by atoms with van der Waals surface area (Å²) in [6, 6.07) is 15.9. The summed E-state index contributed by atoms with van der Waals surface area (Å²) in [5.41, 5.74) is 4.64. The zero-order valence-corrected chi connectivity index (χ0v) is 17.4. The van der Waals surface area contributed by atoms with E-state index in [1.165, 1.54) is 12.1 Å². The fraction of sp³-hybridized carbons (Fsp3) is 0.125. The number of fused-ring (bicyclic) bond motifs is 1. The summed E-state index contributed by atoms with van der Waals surface area (Å²) in [5, 5.41) is 8.75. The van der Waals surface area contributed by atoms with Gasteiger partial charge < -0.3 is 14.9 Å². The number of aromatic nitrogens is 5. The minimum absolute atomic E-state index is 0.184. The molecule has 0 unspecified atom stereocenters. The second-order valence-corrected chi connectivity index (χ2v) is 7.56. The molecule has 0 radical (unpaired) electrons. The number of nitrogens with one attached hydrogen (secondary N) is 2. The summed E-state index contributed by atoms with van der Waals surface area (Å²) >= 11 is 0. The number of benzene rings is 2. The van der Waals surface area contributed by atoms with Gasteiger partial charge in [-0.25, -0.2) is 14.1 Å². The van der Waals surface area contributed by atoms with Crippen LogP contribution in [0.3, 0.4) is 0 Å². The van der Waals surface area contributed by atoms with Gasteiger partial charge in [0.15, 0.2) is 0 Å². The summed E-state index contributed by atoms with van der Waals surface area (Å²) in [5.74, 6) is -0.321. The lowest BCUT2D eigenvalue weighted by Gasteiger charge is -2.11. The number of aryl methyl sites for hydroxylation is 1. The highest BCUT2D eigenvalue weighted by atomic mass is 19.1. The quantitative estimate of drug-likeness (QED) is 0.433. The first-order valence-electron chi connectivity index (χ1n) is 10.2. The Balaban J connectivity index is 1.39. The number of rotatable bonds is 6. The number of para-hydroxylation sites is 1. The maximum Gasteiger partial charge on any atom is 0.254 e. The van der Waals surface area contributed by atoms with Crippen molar-refractivity contribution in [2.24, 2.45) is 0 Å². The third-order valence-corrected chi connectivity index (χ3v) is 5.43. The topological polar surface area (TPSA) is 80.5 Å². The third-order valence-electron chi connectivity index (χ3n) is 5.43. The Morgan fingerprint density at radius 2 is 1.84 bits per heavy atom. The lowest BCUT2D eigenvalue weighted by molar-refractivity contribution is 0.627. The molecule has 5 aromatic rings. The lowest BCUT2D eigenvalue weighted by atomic mass is 10.1. The predicted molar refractivity (Wildman–Crippen MR) is 120 cm³/mol. The summed E-state index contributed by atoms with van der Waals surface area (Å²) in [6.45, 7) is 2.89. The third kappa shape index (κ3) is 3.72. The first-order chi connectivity index (χ1) is 15.6. The molecule has 0 fully saturated rings. The highest BCUT2D eigenvalue weighted by molar-refractivity contribution is 5.80. The molecular weight excluding hydrogens is 407 g/mol. The van der Waals surface area contributed by atoms with Gasteiger partial charge in [-0.1, -0.05) is 18.2 Å². The number of nitrogens with zero attached hydrogens (tertiary/aromatic N) is 4. The molecule has 3 heterocycles. The molecule has 0 amide bonds. The molecule has 7 nitrogen and oxygen atoms in total. The molecule has 160 valence electrons. The van der Waals surface area contributed by atoms with E-state index in [4.69, 9.17) is 0 Å². The average Bonchev–Trinajstić information content (AvgIpc) is 3.44. The van der Waals surface area contributed by atoms with Crippen LogP contribution >= 0.6 is 0 Å². The standard InChI is InChI=1S/C24H21FN6O/c1-16-21-12-18(14-27-13-17-4-2-3-5-22(17)30-11-10-26-15-30)24(32)28-23(21)31(29-16)20-8-6-19(25)7-9-20/h2-12,15,27H,13-14H2,1H3,(H,28,32). The zero-order chi connectivity index (χ0) is 22.1. The maximum atomic E-state index is 13.3. The molecule has 0 aliphatic heterocycles. The molecule has 0 saturated heterocycles. The van der Waals surface area contributed by atoms with Gasteiger partial charge in [-0.15, -0.1) is 0 Å². The molecule has 8 heteroatoms. The van der Waals surface area contributed by atoms with Crippen molar-refractivity contribution in [1.29, 1.82) is 0 Å². The van der Waals surface area contributed by atoms with Crippen LogP contribution in [0.25, 0.3) is 22.4 Å². The Morgan fingerprint density at radius 1 is 1.06 bits per heavy atom. The molecule has 3 aromatic heterocycles. The minimum atomic E-state index is -0.321. The zero-order valence-electron chi connectivity index (χ0n) is 17.4. The van der Waals surface area contributed by atoms with Crippen LogP contribution in [0.4, 0.5) is 4.39 Å². The van der Waals surface area contributed by atoms with Crippen molar-refractivity contribution in [3.8, 4) is 11.4 Å². The van der Waals surface area contributed by atoms with E-state index in [-0.39, 0.29) is 11.4 Å². The second-order valence-electron chi connectivity index (χ2n) is 7.56. The molecule has 2 N–H and O–H groups in total. The second kappa shape index (κ2) is 8.24. The van der Waals surface area contributed by atoms with Gasteiger partial charge in [0, 0.05) is 36.4 Å². The van der Waals surface area contributed by atoms with Crippen molar-refractivity contribution >= 4 is 11.0 Å². The van der Waals surface area contributed by atoms with Crippen LogP contribution in [0, 0.1) is 12.7 Å².